The SMILES string of the molecule is COc1ccc(CCNC(=O)C(=O)Nc2cc(C)nn2C2NC(=O)CC(C(C)(C)C)N2)cc1OC. The van der Waals surface area contributed by atoms with E-state index < -0.39 is 18.1 Å². The number of aromatic nitrogens is 2. The van der Waals surface area contributed by atoms with Gasteiger partial charge in [-0.1, -0.05) is 26.8 Å². The Balaban J connectivity index is 1.61. The number of anilines is 1. The highest BCUT2D eigenvalue weighted by atomic mass is 16.5. The van der Waals surface area contributed by atoms with E-state index in [1.807, 2.05) is 32.9 Å². The third kappa shape index (κ3) is 6.50. The van der Waals surface area contributed by atoms with E-state index in [0.29, 0.717) is 35.9 Å². The molecule has 2 aromatic rings. The quantitative estimate of drug-likeness (QED) is 0.435. The van der Waals surface area contributed by atoms with Crippen LogP contribution in [0.1, 0.15) is 44.7 Å². The summed E-state index contributed by atoms with van der Waals surface area (Å²) in [5.41, 5.74) is 1.39. The molecule has 1 aromatic carbocycles. The monoisotopic (exact) mass is 486 g/mol. The van der Waals surface area contributed by atoms with E-state index in [1.165, 1.54) is 4.68 Å². The van der Waals surface area contributed by atoms with Gasteiger partial charge < -0.3 is 25.4 Å². The summed E-state index contributed by atoms with van der Waals surface area (Å²) in [6.07, 6.45) is 0.185. The summed E-state index contributed by atoms with van der Waals surface area (Å²) in [4.78, 5) is 37.3. The maximum absolute atomic E-state index is 12.6. The second-order valence-corrected chi connectivity index (χ2v) is 9.52. The van der Waals surface area contributed by atoms with Crippen LogP contribution in [0, 0.1) is 12.3 Å². The molecule has 0 saturated carbocycles. The van der Waals surface area contributed by atoms with Gasteiger partial charge in [0, 0.05) is 25.1 Å². The highest BCUT2D eigenvalue weighted by Crippen LogP contribution is 2.28. The molecule has 0 spiro atoms. The fourth-order valence-corrected chi connectivity index (χ4v) is 3.79. The molecule has 3 amide bonds. The van der Waals surface area contributed by atoms with Crippen LogP contribution in [0.4, 0.5) is 5.82 Å². The lowest BCUT2D eigenvalue weighted by Crippen LogP contribution is -2.57. The van der Waals surface area contributed by atoms with Crippen LogP contribution in [0.25, 0.3) is 0 Å². The average Bonchev–Trinajstić information content (AvgIpc) is 3.17. The molecule has 35 heavy (non-hydrogen) atoms. The van der Waals surface area contributed by atoms with Gasteiger partial charge in [-0.05, 0) is 36.5 Å². The molecule has 190 valence electrons. The minimum Gasteiger partial charge on any atom is -0.493 e. The van der Waals surface area contributed by atoms with E-state index in [0.717, 1.165) is 5.56 Å². The molecule has 2 unspecified atom stereocenters. The second-order valence-electron chi connectivity index (χ2n) is 9.52. The number of benzene rings is 1. The van der Waals surface area contributed by atoms with Crippen molar-refractivity contribution in [3.63, 3.8) is 0 Å². The minimum absolute atomic E-state index is 0.0887. The highest BCUT2D eigenvalue weighted by molar-refractivity contribution is 6.39. The first-order chi connectivity index (χ1) is 16.5. The van der Waals surface area contributed by atoms with Crippen molar-refractivity contribution in [2.75, 3.05) is 26.1 Å². The first-order valence-electron chi connectivity index (χ1n) is 11.4. The normalized spacial score (nSPS) is 17.9. The van der Waals surface area contributed by atoms with Crippen LogP contribution in [-0.4, -0.2) is 54.3 Å². The number of amides is 3. The van der Waals surface area contributed by atoms with Crippen molar-refractivity contribution < 1.29 is 23.9 Å². The molecule has 1 aliphatic rings. The number of rotatable bonds is 7. The molecule has 0 radical (unpaired) electrons. The molecular weight excluding hydrogens is 452 g/mol. The van der Waals surface area contributed by atoms with Crippen molar-refractivity contribution in [2.45, 2.75) is 52.9 Å². The first kappa shape index (κ1) is 26.0. The van der Waals surface area contributed by atoms with Gasteiger partial charge in [-0.3, -0.25) is 19.7 Å². The van der Waals surface area contributed by atoms with Crippen LogP contribution in [0.3, 0.4) is 0 Å². The van der Waals surface area contributed by atoms with Crippen molar-refractivity contribution in [1.82, 2.24) is 25.7 Å². The Bertz CT molecular complexity index is 1090. The fraction of sp³-hybridized carbons (Fsp3) is 0.500. The first-order valence-corrected chi connectivity index (χ1v) is 11.4. The van der Waals surface area contributed by atoms with Gasteiger partial charge in [0.2, 0.25) is 5.91 Å². The predicted molar refractivity (Wildman–Crippen MR) is 130 cm³/mol. The molecule has 11 nitrogen and oxygen atoms in total. The van der Waals surface area contributed by atoms with Crippen LogP contribution in [0.5, 0.6) is 11.5 Å². The van der Waals surface area contributed by atoms with E-state index in [4.69, 9.17) is 9.47 Å². The Morgan fingerprint density at radius 1 is 1.14 bits per heavy atom. The van der Waals surface area contributed by atoms with E-state index in [9.17, 15) is 14.4 Å². The number of carbonyl (C=O) groups excluding carboxylic acids is 3. The average molecular weight is 487 g/mol. The number of hydrogen-bond acceptors (Lipinski definition) is 7. The number of hydrogen-bond donors (Lipinski definition) is 4. The van der Waals surface area contributed by atoms with Gasteiger partial charge in [0.15, 0.2) is 17.8 Å². The van der Waals surface area contributed by atoms with Gasteiger partial charge in [-0.15, -0.1) is 0 Å². The Morgan fingerprint density at radius 2 is 1.86 bits per heavy atom. The van der Waals surface area contributed by atoms with Gasteiger partial charge in [0.1, 0.15) is 5.82 Å². The number of methoxy groups -OCH3 is 2. The lowest BCUT2D eigenvalue weighted by molar-refractivity contribution is -0.136. The topological polar surface area (TPSA) is 136 Å². The van der Waals surface area contributed by atoms with E-state index >= 15 is 0 Å². The molecule has 1 aromatic heterocycles. The van der Waals surface area contributed by atoms with Crippen LogP contribution in [-0.2, 0) is 20.8 Å². The highest BCUT2D eigenvalue weighted by Gasteiger charge is 2.35. The van der Waals surface area contributed by atoms with Gasteiger partial charge >= 0.3 is 11.8 Å². The molecular formula is C24H34N6O5. The molecule has 2 heterocycles. The maximum atomic E-state index is 12.6. The van der Waals surface area contributed by atoms with E-state index in [1.54, 1.807) is 33.3 Å². The lowest BCUT2D eigenvalue weighted by Gasteiger charge is -2.39. The zero-order valence-corrected chi connectivity index (χ0v) is 21.0. The zero-order chi connectivity index (χ0) is 25.8. The maximum Gasteiger partial charge on any atom is 0.314 e. The third-order valence-electron chi connectivity index (χ3n) is 5.79. The summed E-state index contributed by atoms with van der Waals surface area (Å²) >= 11 is 0. The smallest absolute Gasteiger partial charge is 0.314 e. The molecule has 1 saturated heterocycles. The lowest BCUT2D eigenvalue weighted by atomic mass is 9.84. The summed E-state index contributed by atoms with van der Waals surface area (Å²) in [5.74, 6) is -0.210. The van der Waals surface area contributed by atoms with E-state index in [-0.39, 0.29) is 23.9 Å². The summed E-state index contributed by atoms with van der Waals surface area (Å²) in [6.45, 7) is 8.16. The number of carbonyl (C=O) groups is 3. The van der Waals surface area contributed by atoms with Gasteiger partial charge in [0.05, 0.1) is 19.9 Å². The summed E-state index contributed by atoms with van der Waals surface area (Å²) in [7, 11) is 3.11. The van der Waals surface area contributed by atoms with E-state index in [2.05, 4.69) is 26.4 Å². The molecule has 11 heteroatoms. The molecule has 4 N–H and O–H groups in total. The van der Waals surface area contributed by atoms with Crippen molar-refractivity contribution in [3.8, 4) is 11.5 Å². The molecule has 0 aliphatic carbocycles. The number of nitrogens with one attached hydrogen (secondary N) is 4. The zero-order valence-electron chi connectivity index (χ0n) is 21.0. The summed E-state index contributed by atoms with van der Waals surface area (Å²) in [5, 5.41) is 15.8. The molecule has 0 bridgehead atoms. The van der Waals surface area contributed by atoms with Crippen molar-refractivity contribution in [1.29, 1.82) is 0 Å². The van der Waals surface area contributed by atoms with Crippen molar-refractivity contribution in [3.05, 3.63) is 35.5 Å². The van der Waals surface area contributed by atoms with Crippen molar-refractivity contribution >= 4 is 23.5 Å². The molecule has 2 atom stereocenters. The summed E-state index contributed by atoms with van der Waals surface area (Å²) in [6, 6.07) is 7.03. The number of ether oxygens (including phenoxy) is 2. The van der Waals surface area contributed by atoms with Crippen LogP contribution in [0.15, 0.2) is 24.3 Å². The van der Waals surface area contributed by atoms with Crippen LogP contribution < -0.4 is 30.7 Å². The molecule has 1 aliphatic heterocycles. The van der Waals surface area contributed by atoms with Crippen molar-refractivity contribution in [2.24, 2.45) is 5.41 Å². The Hall–Kier alpha value is -3.60. The third-order valence-corrected chi connectivity index (χ3v) is 5.79. The summed E-state index contributed by atoms with van der Waals surface area (Å²) < 4.78 is 12.0. The fourth-order valence-electron chi connectivity index (χ4n) is 3.79. The largest absolute Gasteiger partial charge is 0.493 e. The second kappa shape index (κ2) is 10.8. The minimum atomic E-state index is -0.826. The number of aryl methyl sites for hydroxylation is 1. The van der Waals surface area contributed by atoms with Gasteiger partial charge in [-0.2, -0.15) is 5.10 Å². The van der Waals surface area contributed by atoms with Gasteiger partial charge in [0.25, 0.3) is 0 Å². The Labute approximate surface area is 204 Å². The standard InChI is InChI=1S/C24H34N6O5/c1-14-11-19(30(29-14)23-26-18(24(2,3)4)13-20(31)28-23)27-22(33)21(32)25-10-9-15-7-8-16(34-5)17(12-15)35-6/h7-8,11-12,18,23,26H,9-10,13H2,1-6H3,(H,25,32)(H,27,33)(H,28,31). The Kier molecular flexibility index (Phi) is 8.00. The molecule has 1 fully saturated rings. The predicted octanol–water partition coefficient (Wildman–Crippen LogP) is 1.49. The molecule has 3 rings (SSSR count). The van der Waals surface area contributed by atoms with Crippen LogP contribution in [0.2, 0.25) is 0 Å². The van der Waals surface area contributed by atoms with Crippen LogP contribution >= 0.6 is 0 Å². The Morgan fingerprint density at radius 3 is 2.51 bits per heavy atom. The van der Waals surface area contributed by atoms with Gasteiger partial charge in [-0.25, -0.2) is 4.68 Å². The number of nitrogens with zero attached hydrogens (tertiary/aromatic N) is 2.